The Hall–Kier alpha value is -3.05. The first-order valence-corrected chi connectivity index (χ1v) is 7.75. The fourth-order valence-corrected chi connectivity index (χ4v) is 2.86. The maximum atomic E-state index is 9.21. The molecule has 0 aliphatic carbocycles. The van der Waals surface area contributed by atoms with Crippen LogP contribution in [0.25, 0.3) is 22.4 Å². The second-order valence-corrected chi connectivity index (χ2v) is 5.65. The quantitative estimate of drug-likeness (QED) is 0.565. The first kappa shape index (κ1) is 14.5. The van der Waals surface area contributed by atoms with Gasteiger partial charge in [-0.25, -0.2) is 0 Å². The SMILES string of the molecule is Nc1ccccc1Cn1nc(-c2ccc(CO)o2)c2ccccc21. The van der Waals surface area contributed by atoms with E-state index in [2.05, 4.69) is 0 Å². The van der Waals surface area contributed by atoms with E-state index in [9.17, 15) is 5.11 Å². The summed E-state index contributed by atoms with van der Waals surface area (Å²) < 4.78 is 7.59. The van der Waals surface area contributed by atoms with Crippen molar-refractivity contribution in [1.29, 1.82) is 0 Å². The van der Waals surface area contributed by atoms with Gasteiger partial charge in [-0.15, -0.1) is 0 Å². The normalized spacial score (nSPS) is 11.2. The molecule has 0 aliphatic heterocycles. The number of nitrogens with zero attached hydrogens (tertiary/aromatic N) is 2. The topological polar surface area (TPSA) is 77.2 Å². The summed E-state index contributed by atoms with van der Waals surface area (Å²) in [5, 5.41) is 14.9. The van der Waals surface area contributed by atoms with Crippen LogP contribution in [0, 0.1) is 0 Å². The van der Waals surface area contributed by atoms with Gasteiger partial charge in [0, 0.05) is 11.1 Å². The highest BCUT2D eigenvalue weighted by atomic mass is 16.4. The second-order valence-electron chi connectivity index (χ2n) is 5.65. The zero-order chi connectivity index (χ0) is 16.5. The van der Waals surface area contributed by atoms with Crippen LogP contribution in [0.15, 0.2) is 65.1 Å². The van der Waals surface area contributed by atoms with E-state index in [1.807, 2.05) is 59.3 Å². The summed E-state index contributed by atoms with van der Waals surface area (Å²) in [7, 11) is 0. The molecule has 2 aromatic carbocycles. The van der Waals surface area contributed by atoms with E-state index in [4.69, 9.17) is 15.2 Å². The summed E-state index contributed by atoms with van der Waals surface area (Å²) in [4.78, 5) is 0. The molecule has 3 N–H and O–H groups in total. The van der Waals surface area contributed by atoms with Crippen LogP contribution in [0.2, 0.25) is 0 Å². The Kier molecular flexibility index (Phi) is 3.55. The van der Waals surface area contributed by atoms with Crippen molar-refractivity contribution < 1.29 is 9.52 Å². The van der Waals surface area contributed by atoms with Crippen LogP contribution in [0.5, 0.6) is 0 Å². The number of aromatic nitrogens is 2. The van der Waals surface area contributed by atoms with Crippen LogP contribution in [0.1, 0.15) is 11.3 Å². The van der Waals surface area contributed by atoms with Gasteiger partial charge in [-0.3, -0.25) is 4.68 Å². The summed E-state index contributed by atoms with van der Waals surface area (Å²) in [6.07, 6.45) is 0. The van der Waals surface area contributed by atoms with Crippen molar-refractivity contribution >= 4 is 16.6 Å². The lowest BCUT2D eigenvalue weighted by Crippen LogP contribution is -2.04. The highest BCUT2D eigenvalue weighted by Gasteiger charge is 2.15. The lowest BCUT2D eigenvalue weighted by atomic mass is 10.1. The van der Waals surface area contributed by atoms with Crippen molar-refractivity contribution in [3.63, 3.8) is 0 Å². The first-order valence-electron chi connectivity index (χ1n) is 7.75. The van der Waals surface area contributed by atoms with Crippen LogP contribution in [0.3, 0.4) is 0 Å². The molecule has 4 rings (SSSR count). The lowest BCUT2D eigenvalue weighted by Gasteiger charge is -2.06. The van der Waals surface area contributed by atoms with Gasteiger partial charge < -0.3 is 15.3 Å². The highest BCUT2D eigenvalue weighted by Crippen LogP contribution is 2.30. The van der Waals surface area contributed by atoms with Crippen LogP contribution < -0.4 is 5.73 Å². The molecule has 5 nitrogen and oxygen atoms in total. The second kappa shape index (κ2) is 5.86. The summed E-state index contributed by atoms with van der Waals surface area (Å²) >= 11 is 0. The molecule has 24 heavy (non-hydrogen) atoms. The summed E-state index contributed by atoms with van der Waals surface area (Å²) in [5.41, 5.74) is 9.61. The largest absolute Gasteiger partial charge is 0.457 e. The molecule has 0 unspecified atom stereocenters. The van der Waals surface area contributed by atoms with Gasteiger partial charge in [0.25, 0.3) is 0 Å². The molecule has 4 aromatic rings. The number of hydrogen-bond donors (Lipinski definition) is 2. The molecule has 0 radical (unpaired) electrons. The lowest BCUT2D eigenvalue weighted by molar-refractivity contribution is 0.248. The Morgan fingerprint density at radius 3 is 2.58 bits per heavy atom. The molecule has 0 spiro atoms. The molecule has 0 atom stereocenters. The molecule has 5 heteroatoms. The van der Waals surface area contributed by atoms with Crippen molar-refractivity contribution in [3.8, 4) is 11.5 Å². The van der Waals surface area contributed by atoms with Gasteiger partial charge in [0.1, 0.15) is 18.1 Å². The Bertz CT molecular complexity index is 1000. The molecule has 120 valence electrons. The van der Waals surface area contributed by atoms with E-state index in [0.717, 1.165) is 27.8 Å². The third-order valence-corrected chi connectivity index (χ3v) is 4.08. The molecule has 2 aromatic heterocycles. The Labute approximate surface area is 138 Å². The Balaban J connectivity index is 1.83. The van der Waals surface area contributed by atoms with Crippen molar-refractivity contribution in [2.75, 3.05) is 5.73 Å². The van der Waals surface area contributed by atoms with Crippen LogP contribution in [0.4, 0.5) is 5.69 Å². The zero-order valence-electron chi connectivity index (χ0n) is 13.0. The third kappa shape index (κ3) is 2.45. The molecule has 0 bridgehead atoms. The fraction of sp³-hybridized carbons (Fsp3) is 0.105. The number of benzene rings is 2. The molecule has 0 amide bonds. The number of anilines is 1. The molecule has 0 aliphatic rings. The predicted molar refractivity (Wildman–Crippen MR) is 93.3 cm³/mol. The molecule has 0 fully saturated rings. The number of fused-ring (bicyclic) bond motifs is 1. The average molecular weight is 319 g/mol. The number of aliphatic hydroxyl groups excluding tert-OH is 1. The average Bonchev–Trinajstić information content (AvgIpc) is 3.22. The highest BCUT2D eigenvalue weighted by molar-refractivity contribution is 5.92. The molecular weight excluding hydrogens is 302 g/mol. The van der Waals surface area contributed by atoms with Crippen molar-refractivity contribution in [2.45, 2.75) is 13.2 Å². The van der Waals surface area contributed by atoms with Gasteiger partial charge in [-0.2, -0.15) is 5.10 Å². The van der Waals surface area contributed by atoms with E-state index in [1.54, 1.807) is 6.07 Å². The van der Waals surface area contributed by atoms with E-state index >= 15 is 0 Å². The van der Waals surface area contributed by atoms with Gasteiger partial charge in [0.15, 0.2) is 5.76 Å². The molecule has 0 saturated carbocycles. The number of aliphatic hydroxyl groups is 1. The number of hydrogen-bond acceptors (Lipinski definition) is 4. The third-order valence-electron chi connectivity index (χ3n) is 4.08. The summed E-state index contributed by atoms with van der Waals surface area (Å²) in [6.45, 7) is 0.458. The van der Waals surface area contributed by atoms with Crippen LogP contribution >= 0.6 is 0 Å². The van der Waals surface area contributed by atoms with Crippen molar-refractivity contribution in [2.24, 2.45) is 0 Å². The number of nitrogens with two attached hydrogens (primary N) is 1. The number of para-hydroxylation sites is 2. The van der Waals surface area contributed by atoms with Crippen molar-refractivity contribution in [1.82, 2.24) is 9.78 Å². The number of furan rings is 1. The minimum atomic E-state index is -0.126. The van der Waals surface area contributed by atoms with E-state index in [0.29, 0.717) is 18.1 Å². The minimum Gasteiger partial charge on any atom is -0.457 e. The smallest absolute Gasteiger partial charge is 0.155 e. The fourth-order valence-electron chi connectivity index (χ4n) is 2.86. The minimum absolute atomic E-state index is 0.126. The molecule has 2 heterocycles. The number of nitrogen functional groups attached to an aromatic ring is 1. The first-order chi connectivity index (χ1) is 11.8. The van der Waals surface area contributed by atoms with E-state index in [-0.39, 0.29) is 6.61 Å². The number of rotatable bonds is 4. The van der Waals surface area contributed by atoms with Gasteiger partial charge in [-0.05, 0) is 29.8 Å². The van der Waals surface area contributed by atoms with E-state index < -0.39 is 0 Å². The van der Waals surface area contributed by atoms with Gasteiger partial charge in [0.05, 0.1) is 12.1 Å². The summed E-state index contributed by atoms with van der Waals surface area (Å²) in [5.74, 6) is 1.17. The summed E-state index contributed by atoms with van der Waals surface area (Å²) in [6, 6.07) is 19.4. The van der Waals surface area contributed by atoms with Crippen molar-refractivity contribution in [3.05, 3.63) is 72.0 Å². The Morgan fingerprint density at radius 2 is 1.79 bits per heavy atom. The van der Waals surface area contributed by atoms with Gasteiger partial charge >= 0.3 is 0 Å². The van der Waals surface area contributed by atoms with E-state index in [1.165, 1.54) is 0 Å². The standard InChI is InChI=1S/C19H17N3O2/c20-16-7-3-1-5-13(16)11-22-17-8-4-2-6-15(17)19(21-22)18-10-9-14(12-23)24-18/h1-10,23H,11-12,20H2. The Morgan fingerprint density at radius 1 is 1.00 bits per heavy atom. The maximum Gasteiger partial charge on any atom is 0.155 e. The predicted octanol–water partition coefficient (Wildman–Crippen LogP) is 3.42. The van der Waals surface area contributed by atoms with Crippen LogP contribution in [-0.4, -0.2) is 14.9 Å². The van der Waals surface area contributed by atoms with Crippen LogP contribution in [-0.2, 0) is 13.2 Å². The molecular formula is C19H17N3O2. The monoisotopic (exact) mass is 319 g/mol. The van der Waals surface area contributed by atoms with Gasteiger partial charge in [0.2, 0.25) is 0 Å². The van der Waals surface area contributed by atoms with Gasteiger partial charge in [-0.1, -0.05) is 36.4 Å². The zero-order valence-corrected chi connectivity index (χ0v) is 13.0. The maximum absolute atomic E-state index is 9.21. The molecule has 0 saturated heterocycles.